The number of hydrogen-bond acceptors (Lipinski definition) is 1. The molecular weight excluding hydrogens is 326 g/mol. The summed E-state index contributed by atoms with van der Waals surface area (Å²) < 4.78 is 0. The van der Waals surface area contributed by atoms with Crippen molar-refractivity contribution in [3.05, 3.63) is 48.6 Å². The topological polar surface area (TPSA) is 3.24 Å². The summed E-state index contributed by atoms with van der Waals surface area (Å²) in [6.45, 7) is 5.22. The van der Waals surface area contributed by atoms with Crippen molar-refractivity contribution in [2.45, 2.75) is 70.6 Å². The zero-order chi connectivity index (χ0) is 17.5. The third kappa shape index (κ3) is 14.1. The van der Waals surface area contributed by atoms with Crippen LogP contribution in [0, 0.1) is 5.92 Å². The summed E-state index contributed by atoms with van der Waals surface area (Å²) in [6, 6.07) is 10.9. The molecule has 0 fully saturated rings. The van der Waals surface area contributed by atoms with E-state index in [4.69, 9.17) is 0 Å². The van der Waals surface area contributed by atoms with Crippen LogP contribution in [0.1, 0.15) is 69.8 Å². The second kappa shape index (κ2) is 16.7. The molecule has 144 valence electrons. The Hall–Kier alpha value is -0.790. The molecule has 1 rings (SSSR count). The normalized spacial score (nSPS) is 12.0. The SMILES string of the molecule is C=CC(CCCCCCCCCc1ccccc1)CCCN(C)C.Cl. The Bertz CT molecular complexity index is 402. The quantitative estimate of drug-likeness (QED) is 0.241. The van der Waals surface area contributed by atoms with Gasteiger partial charge in [0.1, 0.15) is 0 Å². The smallest absolute Gasteiger partial charge is 0.00246 e. The fourth-order valence-electron chi connectivity index (χ4n) is 3.31. The molecule has 0 aromatic heterocycles. The van der Waals surface area contributed by atoms with Gasteiger partial charge in [0.25, 0.3) is 0 Å². The largest absolute Gasteiger partial charge is 0.309 e. The van der Waals surface area contributed by atoms with E-state index < -0.39 is 0 Å². The summed E-state index contributed by atoms with van der Waals surface area (Å²) in [5, 5.41) is 0. The van der Waals surface area contributed by atoms with Crippen LogP contribution < -0.4 is 0 Å². The molecule has 1 aromatic carbocycles. The Morgan fingerprint density at radius 2 is 1.40 bits per heavy atom. The van der Waals surface area contributed by atoms with Gasteiger partial charge in [-0.25, -0.2) is 0 Å². The number of nitrogens with zero attached hydrogens (tertiary/aromatic N) is 1. The number of unbranched alkanes of at least 4 members (excludes halogenated alkanes) is 6. The molecule has 0 aliphatic carbocycles. The van der Waals surface area contributed by atoms with Crippen LogP contribution in [-0.2, 0) is 6.42 Å². The minimum absolute atomic E-state index is 0. The lowest BCUT2D eigenvalue weighted by Gasteiger charge is -2.14. The highest BCUT2D eigenvalue weighted by Gasteiger charge is 2.04. The zero-order valence-corrected chi connectivity index (χ0v) is 17.4. The van der Waals surface area contributed by atoms with Gasteiger partial charge >= 0.3 is 0 Å². The van der Waals surface area contributed by atoms with Crippen LogP contribution in [-0.4, -0.2) is 25.5 Å². The molecule has 0 radical (unpaired) electrons. The van der Waals surface area contributed by atoms with Gasteiger partial charge in [0.05, 0.1) is 0 Å². The number of rotatable bonds is 15. The summed E-state index contributed by atoms with van der Waals surface area (Å²) in [6.07, 6.45) is 17.1. The highest BCUT2D eigenvalue weighted by Crippen LogP contribution is 2.18. The van der Waals surface area contributed by atoms with Crippen molar-refractivity contribution < 1.29 is 0 Å². The lowest BCUT2D eigenvalue weighted by atomic mass is 9.95. The van der Waals surface area contributed by atoms with E-state index >= 15 is 0 Å². The average molecular weight is 366 g/mol. The fraction of sp³-hybridized carbons (Fsp3) is 0.652. The van der Waals surface area contributed by atoms with Crippen LogP contribution in [0.3, 0.4) is 0 Å². The maximum absolute atomic E-state index is 4.02. The monoisotopic (exact) mass is 365 g/mol. The van der Waals surface area contributed by atoms with Crippen LogP contribution in [0.5, 0.6) is 0 Å². The third-order valence-electron chi connectivity index (χ3n) is 4.90. The molecule has 0 amide bonds. The third-order valence-corrected chi connectivity index (χ3v) is 4.90. The van der Waals surface area contributed by atoms with Crippen LogP contribution in [0.2, 0.25) is 0 Å². The first-order valence-electron chi connectivity index (χ1n) is 10.0. The molecule has 0 heterocycles. The summed E-state index contributed by atoms with van der Waals surface area (Å²) in [7, 11) is 4.31. The van der Waals surface area contributed by atoms with Gasteiger partial charge in [-0.1, -0.05) is 74.9 Å². The highest BCUT2D eigenvalue weighted by molar-refractivity contribution is 5.85. The standard InChI is InChI=1S/C23H39N.ClH/c1-4-22(20-15-21-24(2)3)16-11-8-6-5-7-9-12-17-23-18-13-10-14-19-23;/h4,10,13-14,18-19,22H,1,5-9,11-12,15-17,20-21H2,2-3H3;1H. The Balaban J connectivity index is 0.00000576. The summed E-state index contributed by atoms with van der Waals surface area (Å²) in [5.74, 6) is 0.732. The van der Waals surface area contributed by atoms with Crippen molar-refractivity contribution in [1.29, 1.82) is 0 Å². The van der Waals surface area contributed by atoms with Gasteiger partial charge in [-0.15, -0.1) is 19.0 Å². The van der Waals surface area contributed by atoms with E-state index in [0.29, 0.717) is 0 Å². The van der Waals surface area contributed by atoms with Gasteiger partial charge < -0.3 is 4.90 Å². The van der Waals surface area contributed by atoms with E-state index in [1.165, 1.54) is 82.7 Å². The van der Waals surface area contributed by atoms with Gasteiger partial charge in [-0.3, -0.25) is 0 Å². The zero-order valence-electron chi connectivity index (χ0n) is 16.6. The molecule has 25 heavy (non-hydrogen) atoms. The minimum Gasteiger partial charge on any atom is -0.309 e. The number of allylic oxidation sites excluding steroid dienone is 1. The van der Waals surface area contributed by atoms with Crippen molar-refractivity contribution in [3.63, 3.8) is 0 Å². The van der Waals surface area contributed by atoms with Gasteiger partial charge in [0.2, 0.25) is 0 Å². The van der Waals surface area contributed by atoms with Crippen molar-refractivity contribution in [2.24, 2.45) is 5.92 Å². The van der Waals surface area contributed by atoms with Gasteiger partial charge in [-0.2, -0.15) is 0 Å². The highest BCUT2D eigenvalue weighted by atomic mass is 35.5. The maximum atomic E-state index is 4.02. The van der Waals surface area contributed by atoms with E-state index in [1.54, 1.807) is 0 Å². The molecule has 0 N–H and O–H groups in total. The van der Waals surface area contributed by atoms with Crippen LogP contribution in [0.4, 0.5) is 0 Å². The van der Waals surface area contributed by atoms with Crippen molar-refractivity contribution in [1.82, 2.24) is 4.90 Å². The molecule has 0 aliphatic rings. The summed E-state index contributed by atoms with van der Waals surface area (Å²) >= 11 is 0. The molecule has 0 saturated heterocycles. The number of hydrogen-bond donors (Lipinski definition) is 0. The molecule has 1 unspecified atom stereocenters. The van der Waals surface area contributed by atoms with Gasteiger partial charge in [0.15, 0.2) is 0 Å². The molecule has 1 nitrogen and oxygen atoms in total. The lowest BCUT2D eigenvalue weighted by Crippen LogP contribution is -2.13. The van der Waals surface area contributed by atoms with Gasteiger partial charge in [-0.05, 0) is 64.2 Å². The number of halogens is 1. The van der Waals surface area contributed by atoms with Crippen LogP contribution in [0.25, 0.3) is 0 Å². The summed E-state index contributed by atoms with van der Waals surface area (Å²) in [5.41, 5.74) is 1.49. The van der Waals surface area contributed by atoms with E-state index in [2.05, 4.69) is 62.0 Å². The van der Waals surface area contributed by atoms with Crippen molar-refractivity contribution in [3.8, 4) is 0 Å². The predicted molar refractivity (Wildman–Crippen MR) is 116 cm³/mol. The first-order chi connectivity index (χ1) is 11.7. The Morgan fingerprint density at radius 3 is 2.00 bits per heavy atom. The number of aryl methyl sites for hydroxylation is 1. The van der Waals surface area contributed by atoms with Crippen molar-refractivity contribution >= 4 is 12.4 Å². The first-order valence-corrected chi connectivity index (χ1v) is 10.0. The van der Waals surface area contributed by atoms with E-state index in [0.717, 1.165) is 5.92 Å². The van der Waals surface area contributed by atoms with Crippen LogP contribution in [0.15, 0.2) is 43.0 Å². The van der Waals surface area contributed by atoms with Gasteiger partial charge in [0, 0.05) is 0 Å². The van der Waals surface area contributed by atoms with Crippen molar-refractivity contribution in [2.75, 3.05) is 20.6 Å². The molecule has 2 heteroatoms. The van der Waals surface area contributed by atoms with E-state index in [9.17, 15) is 0 Å². The predicted octanol–water partition coefficient (Wildman–Crippen LogP) is 6.92. The molecule has 0 saturated carbocycles. The second-order valence-electron chi connectivity index (χ2n) is 7.44. The Kier molecular flexibility index (Phi) is 16.1. The molecule has 1 aromatic rings. The average Bonchev–Trinajstić information content (AvgIpc) is 2.59. The first kappa shape index (κ1) is 24.2. The molecular formula is C23H40ClN. The van der Waals surface area contributed by atoms with E-state index in [1.807, 2.05) is 0 Å². The Morgan fingerprint density at radius 1 is 0.840 bits per heavy atom. The Labute approximate surface area is 163 Å². The lowest BCUT2D eigenvalue weighted by molar-refractivity contribution is 0.373. The molecule has 1 atom stereocenters. The molecule has 0 spiro atoms. The fourth-order valence-corrected chi connectivity index (χ4v) is 3.31. The molecule has 0 aliphatic heterocycles. The minimum atomic E-state index is 0. The second-order valence-corrected chi connectivity index (χ2v) is 7.44. The van der Waals surface area contributed by atoms with E-state index in [-0.39, 0.29) is 12.4 Å². The molecule has 0 bridgehead atoms. The number of benzene rings is 1. The maximum Gasteiger partial charge on any atom is -0.00246 e. The summed E-state index contributed by atoms with van der Waals surface area (Å²) in [4.78, 5) is 2.28. The van der Waals surface area contributed by atoms with Crippen LogP contribution >= 0.6 is 12.4 Å².